The molecule has 1 amide bonds. The molecule has 13 heteroatoms. The number of ether oxygens (including phenoxy) is 1. The van der Waals surface area contributed by atoms with Crippen molar-refractivity contribution in [3.63, 3.8) is 0 Å². The summed E-state index contributed by atoms with van der Waals surface area (Å²) in [6, 6.07) is 12.0. The molecule has 5 rings (SSSR count). The van der Waals surface area contributed by atoms with Gasteiger partial charge in [0.2, 0.25) is 5.88 Å². The highest BCUT2D eigenvalue weighted by atomic mass is 32.1. The summed E-state index contributed by atoms with van der Waals surface area (Å²) in [5.74, 6) is 0.423. The third kappa shape index (κ3) is 6.70. The zero-order valence-corrected chi connectivity index (χ0v) is 23.1. The molecule has 0 radical (unpaired) electrons. The molecule has 0 saturated carbocycles. The van der Waals surface area contributed by atoms with Gasteiger partial charge in [-0.1, -0.05) is 6.07 Å². The quantitative estimate of drug-likeness (QED) is 0.243. The van der Waals surface area contributed by atoms with Crippen molar-refractivity contribution in [2.75, 3.05) is 19.5 Å². The fourth-order valence-corrected chi connectivity index (χ4v) is 4.39. The molecule has 5 aromatic rings. The van der Waals surface area contributed by atoms with Crippen LogP contribution in [0.25, 0.3) is 22.6 Å². The topological polar surface area (TPSA) is 140 Å². The molecule has 0 aliphatic heterocycles. The summed E-state index contributed by atoms with van der Waals surface area (Å²) in [4.78, 5) is 39.1. The number of carbonyl (C=O) groups excluding carboxylic acids is 1. The van der Waals surface area contributed by atoms with Crippen LogP contribution in [0.3, 0.4) is 0 Å². The Morgan fingerprint density at radius 1 is 1.02 bits per heavy atom. The molecule has 0 saturated heterocycles. The molecule has 5 aromatic heterocycles. The predicted octanol–water partition coefficient (Wildman–Crippen LogP) is 4.63. The van der Waals surface area contributed by atoms with Crippen LogP contribution >= 0.6 is 11.5 Å². The van der Waals surface area contributed by atoms with Crippen molar-refractivity contribution < 1.29 is 13.9 Å². The number of rotatable bonds is 9. The van der Waals surface area contributed by atoms with E-state index >= 15 is 0 Å². The van der Waals surface area contributed by atoms with Gasteiger partial charge in [0.1, 0.15) is 11.6 Å². The zero-order valence-electron chi connectivity index (χ0n) is 22.3. The molecule has 0 aliphatic carbocycles. The Morgan fingerprint density at radius 2 is 1.88 bits per heavy atom. The van der Waals surface area contributed by atoms with Crippen LogP contribution in [0.4, 0.5) is 16.0 Å². The first-order chi connectivity index (χ1) is 19.9. The fourth-order valence-electron chi connectivity index (χ4n) is 3.77. The number of hydrogen-bond donors (Lipinski definition) is 2. The third-order valence-corrected chi connectivity index (χ3v) is 6.45. The lowest BCUT2D eigenvalue weighted by Gasteiger charge is -2.09. The summed E-state index contributed by atoms with van der Waals surface area (Å²) < 4.78 is 24.4. The minimum atomic E-state index is -0.789. The number of aryl methyl sites for hydroxylation is 1. The maximum absolute atomic E-state index is 15.0. The number of aromatic nitrogens is 6. The predicted molar refractivity (Wildman–Crippen MR) is 154 cm³/mol. The van der Waals surface area contributed by atoms with Crippen LogP contribution in [0.2, 0.25) is 0 Å². The van der Waals surface area contributed by atoms with Crippen LogP contribution in [0.1, 0.15) is 26.6 Å². The van der Waals surface area contributed by atoms with Crippen molar-refractivity contribution in [3.8, 4) is 28.5 Å². The molecule has 5 heterocycles. The van der Waals surface area contributed by atoms with Crippen molar-refractivity contribution in [3.05, 3.63) is 88.7 Å². The fraction of sp³-hybridized carbons (Fsp3) is 0.143. The first-order valence-corrected chi connectivity index (χ1v) is 13.1. The summed E-state index contributed by atoms with van der Waals surface area (Å²) in [6.07, 6.45) is 6.38. The Hall–Kier alpha value is -5.17. The molecule has 0 atom stereocenters. The lowest BCUT2D eigenvalue weighted by Crippen LogP contribution is -2.25. The normalized spacial score (nSPS) is 11.0. The summed E-state index contributed by atoms with van der Waals surface area (Å²) in [5.41, 5.74) is 2.94. The van der Waals surface area contributed by atoms with Gasteiger partial charge in [-0.25, -0.2) is 24.3 Å². The molecule has 0 aromatic carbocycles. The van der Waals surface area contributed by atoms with Gasteiger partial charge < -0.3 is 15.4 Å². The molecule has 0 fully saturated rings. The SMILES string of the molecule is C/N=C\c1cc(Nc2cc(C)nc(-c3cnc(C(=O)NCc4ccc(-c5ccc(OC)nc5)nc4)c(F)c3)n2)ns1. The summed E-state index contributed by atoms with van der Waals surface area (Å²) in [6.45, 7) is 1.95. The number of nitrogens with one attached hydrogen (secondary N) is 2. The van der Waals surface area contributed by atoms with Gasteiger partial charge in [-0.3, -0.25) is 14.8 Å². The standard InChI is InChI=1S/C28H24FN9O2S/c1-16-8-23(36-24-10-20(15-30-2)41-38-24)37-27(35-16)19-9-21(29)26(33-14-19)28(39)34-12-17-4-6-22(31-11-17)18-5-7-25(40-3)32-13-18/h4-11,13-15H,12H2,1-3H3,(H,34,39)(H,35,36,37,38)/b30-15-. The van der Waals surface area contributed by atoms with Crippen LogP contribution in [-0.2, 0) is 6.54 Å². The van der Waals surface area contributed by atoms with Crippen molar-refractivity contribution in [2.24, 2.45) is 4.99 Å². The molecule has 0 aliphatic rings. The lowest BCUT2D eigenvalue weighted by atomic mass is 10.1. The molecule has 41 heavy (non-hydrogen) atoms. The molecule has 0 unspecified atom stereocenters. The van der Waals surface area contributed by atoms with Crippen molar-refractivity contribution in [2.45, 2.75) is 13.5 Å². The smallest absolute Gasteiger partial charge is 0.273 e. The Labute approximate surface area is 238 Å². The molecular formula is C28H24FN9O2S. The first-order valence-electron chi connectivity index (χ1n) is 12.3. The number of anilines is 2. The maximum Gasteiger partial charge on any atom is 0.273 e. The van der Waals surface area contributed by atoms with Crippen LogP contribution in [-0.4, -0.2) is 55.6 Å². The number of methoxy groups -OCH3 is 1. The number of aliphatic imine (C=N–C) groups is 1. The number of halogens is 1. The largest absolute Gasteiger partial charge is 0.481 e. The molecule has 206 valence electrons. The van der Waals surface area contributed by atoms with E-state index in [-0.39, 0.29) is 18.1 Å². The number of carbonyl (C=O) groups is 1. The maximum atomic E-state index is 15.0. The average Bonchev–Trinajstić information content (AvgIpc) is 3.42. The van der Waals surface area contributed by atoms with Gasteiger partial charge in [-0.05, 0) is 42.2 Å². The molecule has 0 spiro atoms. The van der Waals surface area contributed by atoms with E-state index in [2.05, 4.69) is 44.9 Å². The molecule has 11 nitrogen and oxygen atoms in total. The number of pyridine rings is 3. The van der Waals surface area contributed by atoms with E-state index in [9.17, 15) is 9.18 Å². The van der Waals surface area contributed by atoms with Gasteiger partial charge in [0.15, 0.2) is 17.3 Å². The Kier molecular flexibility index (Phi) is 8.25. The van der Waals surface area contributed by atoms with E-state index in [1.807, 2.05) is 24.3 Å². The summed E-state index contributed by atoms with van der Waals surface area (Å²) in [5, 5.41) is 5.80. The van der Waals surface area contributed by atoms with Gasteiger partial charge in [-0.15, -0.1) is 0 Å². The zero-order chi connectivity index (χ0) is 28.8. The third-order valence-electron chi connectivity index (χ3n) is 5.73. The Bertz CT molecular complexity index is 1710. The average molecular weight is 570 g/mol. The highest BCUT2D eigenvalue weighted by molar-refractivity contribution is 7.08. The minimum absolute atomic E-state index is 0.147. The second kappa shape index (κ2) is 12.3. The van der Waals surface area contributed by atoms with E-state index in [4.69, 9.17) is 4.74 Å². The second-order valence-electron chi connectivity index (χ2n) is 8.72. The Morgan fingerprint density at radius 3 is 2.59 bits per heavy atom. The summed E-state index contributed by atoms with van der Waals surface area (Å²) in [7, 11) is 3.24. The number of amides is 1. The monoisotopic (exact) mass is 569 g/mol. The van der Waals surface area contributed by atoms with E-state index in [1.54, 1.807) is 51.8 Å². The van der Waals surface area contributed by atoms with Crippen LogP contribution < -0.4 is 15.4 Å². The van der Waals surface area contributed by atoms with E-state index < -0.39 is 11.7 Å². The molecule has 2 N–H and O–H groups in total. The van der Waals surface area contributed by atoms with Crippen molar-refractivity contribution >= 4 is 35.3 Å². The second-order valence-corrected chi connectivity index (χ2v) is 9.56. The van der Waals surface area contributed by atoms with Crippen LogP contribution in [0.15, 0.2) is 66.0 Å². The Balaban J connectivity index is 1.24. The van der Waals surface area contributed by atoms with E-state index in [0.29, 0.717) is 28.8 Å². The van der Waals surface area contributed by atoms with Crippen molar-refractivity contribution in [1.82, 2.24) is 34.6 Å². The van der Waals surface area contributed by atoms with Gasteiger partial charge in [0.05, 0.1) is 17.7 Å². The number of nitrogens with zero attached hydrogens (tertiary/aromatic N) is 7. The first kappa shape index (κ1) is 27.4. The van der Waals surface area contributed by atoms with Gasteiger partial charge in [-0.2, -0.15) is 4.37 Å². The lowest BCUT2D eigenvalue weighted by molar-refractivity contribution is 0.0941. The minimum Gasteiger partial charge on any atom is -0.481 e. The molecular weight excluding hydrogens is 545 g/mol. The summed E-state index contributed by atoms with van der Waals surface area (Å²) >= 11 is 1.30. The van der Waals surface area contributed by atoms with Crippen LogP contribution in [0.5, 0.6) is 5.88 Å². The van der Waals surface area contributed by atoms with Gasteiger partial charge in [0, 0.05) is 73.4 Å². The van der Waals surface area contributed by atoms with E-state index in [1.165, 1.54) is 23.8 Å². The highest BCUT2D eigenvalue weighted by Crippen LogP contribution is 2.23. The van der Waals surface area contributed by atoms with E-state index in [0.717, 1.165) is 21.7 Å². The van der Waals surface area contributed by atoms with Crippen molar-refractivity contribution in [1.29, 1.82) is 0 Å². The van der Waals surface area contributed by atoms with Gasteiger partial charge in [0.25, 0.3) is 5.91 Å². The molecule has 0 bridgehead atoms. The van der Waals surface area contributed by atoms with Crippen LogP contribution in [0, 0.1) is 12.7 Å². The number of hydrogen-bond acceptors (Lipinski definition) is 11. The van der Waals surface area contributed by atoms with Gasteiger partial charge >= 0.3 is 0 Å². The highest BCUT2D eigenvalue weighted by Gasteiger charge is 2.16.